The molecule has 0 saturated heterocycles. The monoisotopic (exact) mass is 508 g/mol. The van der Waals surface area contributed by atoms with E-state index in [0.717, 1.165) is 0 Å². The maximum Gasteiger partial charge on any atom is 0.0606 e. The van der Waals surface area contributed by atoms with E-state index in [1.165, 1.54) is 0 Å². The molecule has 0 spiro atoms. The van der Waals surface area contributed by atoms with Crippen molar-refractivity contribution in [3.05, 3.63) is 0 Å². The maximum absolute atomic E-state index is 6.75. The number of rotatable bonds is 18. The summed E-state index contributed by atoms with van der Waals surface area (Å²) in [6, 6.07) is -0.642. The standard InChI is InChI=1S/C19H56N16/c1-32-6-8(20)10(13(23)24)19(11(14(25)26)15(27)28,7(5-9(21)22)16(29)33-2)12(17(30)34-3)18(31)35-4/h7-18,32-35H,5-6,20-31H2,1-4H3. The van der Waals surface area contributed by atoms with Crippen LogP contribution in [0.25, 0.3) is 0 Å². The van der Waals surface area contributed by atoms with Gasteiger partial charge in [-0.3, -0.25) is 0 Å². The van der Waals surface area contributed by atoms with Gasteiger partial charge in [-0.05, 0) is 45.9 Å². The van der Waals surface area contributed by atoms with Crippen LogP contribution in [0.5, 0.6) is 0 Å². The fraction of sp³-hybridized carbons (Fsp3) is 1.00. The molecule has 0 aromatic rings. The van der Waals surface area contributed by atoms with E-state index in [0.29, 0.717) is 6.54 Å². The smallest absolute Gasteiger partial charge is 0.0606 e. The van der Waals surface area contributed by atoms with Crippen molar-refractivity contribution in [2.45, 2.75) is 55.6 Å². The molecular formula is C19H56N16. The molecule has 0 aliphatic rings. The predicted molar refractivity (Wildman–Crippen MR) is 143 cm³/mol. The molecule has 0 aliphatic heterocycles. The Balaban J connectivity index is 8.07. The number of nitrogens with one attached hydrogen (secondary N) is 4. The lowest BCUT2D eigenvalue weighted by atomic mass is 9.47. The summed E-state index contributed by atoms with van der Waals surface area (Å²) in [6.45, 7) is 0.330. The first-order valence-electron chi connectivity index (χ1n) is 11.9. The highest BCUT2D eigenvalue weighted by Gasteiger charge is 2.63. The average molecular weight is 509 g/mol. The van der Waals surface area contributed by atoms with E-state index in [1.807, 2.05) is 0 Å². The summed E-state index contributed by atoms with van der Waals surface area (Å²) in [7, 11) is 6.83. The Hall–Kier alpha value is -0.640. The molecule has 0 fully saturated rings. The van der Waals surface area contributed by atoms with Gasteiger partial charge in [0, 0.05) is 30.3 Å². The summed E-state index contributed by atoms with van der Waals surface area (Å²) in [5.41, 5.74) is 76.4. The Morgan fingerprint density at radius 1 is 0.543 bits per heavy atom. The van der Waals surface area contributed by atoms with Crippen LogP contribution in [-0.4, -0.2) is 83.9 Å². The molecule has 0 amide bonds. The first-order chi connectivity index (χ1) is 16.2. The third-order valence-electron chi connectivity index (χ3n) is 7.25. The molecule has 212 valence electrons. The van der Waals surface area contributed by atoms with E-state index in [1.54, 1.807) is 28.2 Å². The van der Waals surface area contributed by atoms with Gasteiger partial charge in [-0.15, -0.1) is 0 Å². The Kier molecular flexibility index (Phi) is 15.3. The van der Waals surface area contributed by atoms with Gasteiger partial charge >= 0.3 is 0 Å². The maximum atomic E-state index is 6.75. The zero-order valence-electron chi connectivity index (χ0n) is 21.8. The molecule has 0 aliphatic carbocycles. The van der Waals surface area contributed by atoms with Crippen LogP contribution in [0.4, 0.5) is 0 Å². The minimum atomic E-state index is -1.28. The lowest BCUT2D eigenvalue weighted by molar-refractivity contribution is -0.127. The van der Waals surface area contributed by atoms with Crippen LogP contribution in [-0.2, 0) is 0 Å². The highest BCUT2D eigenvalue weighted by Crippen LogP contribution is 2.55. The van der Waals surface area contributed by atoms with Crippen molar-refractivity contribution in [1.29, 1.82) is 0 Å². The third-order valence-corrected chi connectivity index (χ3v) is 7.25. The molecule has 35 heavy (non-hydrogen) atoms. The van der Waals surface area contributed by atoms with Gasteiger partial charge in [0.05, 0.1) is 43.2 Å². The SMILES string of the molecule is CNCC(N)C(C(N)N)C(C(CC(N)N)C(N)NC)(C(C(N)N)C(N)N)C(C(N)NC)C(N)NC. The molecule has 0 bridgehead atoms. The molecule has 0 radical (unpaired) electrons. The second-order valence-corrected chi connectivity index (χ2v) is 9.48. The minimum Gasteiger partial charge on any atom is -0.326 e. The van der Waals surface area contributed by atoms with Gasteiger partial charge in [0.15, 0.2) is 0 Å². The van der Waals surface area contributed by atoms with Crippen molar-refractivity contribution in [2.24, 2.45) is 97.9 Å². The van der Waals surface area contributed by atoms with Gasteiger partial charge in [-0.1, -0.05) is 0 Å². The molecule has 7 unspecified atom stereocenters. The summed E-state index contributed by atoms with van der Waals surface area (Å²) in [4.78, 5) is 0. The van der Waals surface area contributed by atoms with E-state index in [9.17, 15) is 0 Å². The van der Waals surface area contributed by atoms with Crippen LogP contribution >= 0.6 is 0 Å². The van der Waals surface area contributed by atoms with Crippen LogP contribution in [0.3, 0.4) is 0 Å². The van der Waals surface area contributed by atoms with Crippen molar-refractivity contribution in [1.82, 2.24) is 21.3 Å². The number of likely N-dealkylation sites (N-methyl/N-ethyl adjacent to an activating group) is 1. The van der Waals surface area contributed by atoms with Crippen LogP contribution in [0.1, 0.15) is 6.42 Å². The third kappa shape index (κ3) is 7.92. The Morgan fingerprint density at radius 3 is 1.23 bits per heavy atom. The van der Waals surface area contributed by atoms with E-state index in [-0.39, 0.29) is 6.42 Å². The predicted octanol–water partition coefficient (Wildman–Crippen LogP) is -8.14. The zero-order chi connectivity index (χ0) is 27.7. The van der Waals surface area contributed by atoms with Crippen molar-refractivity contribution in [2.75, 3.05) is 34.7 Å². The molecular weight excluding hydrogens is 452 g/mol. The summed E-state index contributed by atoms with van der Waals surface area (Å²) in [5, 5.41) is 12.3. The van der Waals surface area contributed by atoms with E-state index in [4.69, 9.17) is 68.8 Å². The van der Waals surface area contributed by atoms with Crippen LogP contribution in [0.15, 0.2) is 0 Å². The van der Waals surface area contributed by atoms with Crippen molar-refractivity contribution < 1.29 is 0 Å². The van der Waals surface area contributed by atoms with Crippen LogP contribution < -0.4 is 90.1 Å². The number of hydrogen-bond donors (Lipinski definition) is 16. The zero-order valence-corrected chi connectivity index (χ0v) is 21.8. The fourth-order valence-corrected chi connectivity index (χ4v) is 6.04. The van der Waals surface area contributed by atoms with E-state index >= 15 is 0 Å². The van der Waals surface area contributed by atoms with Crippen LogP contribution in [0, 0.1) is 29.1 Å². The number of hydrogen-bond acceptors (Lipinski definition) is 16. The molecule has 16 nitrogen and oxygen atoms in total. The second kappa shape index (κ2) is 15.6. The lowest BCUT2D eigenvalue weighted by Crippen LogP contribution is -2.78. The van der Waals surface area contributed by atoms with Crippen molar-refractivity contribution in [3.63, 3.8) is 0 Å². The first-order valence-corrected chi connectivity index (χ1v) is 11.9. The van der Waals surface area contributed by atoms with Crippen molar-refractivity contribution in [3.8, 4) is 0 Å². The minimum absolute atomic E-state index is 0.177. The molecule has 0 heterocycles. The topological polar surface area (TPSA) is 360 Å². The summed E-state index contributed by atoms with van der Waals surface area (Å²) >= 11 is 0. The number of nitrogens with two attached hydrogens (primary N) is 12. The second-order valence-electron chi connectivity index (χ2n) is 9.48. The van der Waals surface area contributed by atoms with Crippen LogP contribution in [0.2, 0.25) is 0 Å². The molecule has 0 aromatic heterocycles. The molecule has 28 N–H and O–H groups in total. The Labute approximate surface area is 210 Å². The fourth-order valence-electron chi connectivity index (χ4n) is 6.04. The van der Waals surface area contributed by atoms with Gasteiger partial charge < -0.3 is 90.1 Å². The summed E-state index contributed by atoms with van der Waals surface area (Å²) < 4.78 is 0. The highest BCUT2D eigenvalue weighted by atomic mass is 15.1. The van der Waals surface area contributed by atoms with E-state index < -0.39 is 78.3 Å². The highest BCUT2D eigenvalue weighted by molar-refractivity contribution is 5.13. The van der Waals surface area contributed by atoms with Gasteiger partial charge in [-0.2, -0.15) is 0 Å². The Morgan fingerprint density at radius 2 is 0.943 bits per heavy atom. The summed E-state index contributed by atoms with van der Waals surface area (Å²) in [6.07, 6.45) is -5.96. The Bertz CT molecular complexity index is 545. The molecule has 7 atom stereocenters. The lowest BCUT2D eigenvalue weighted by Gasteiger charge is -2.62. The van der Waals surface area contributed by atoms with Gasteiger partial charge in [-0.25, -0.2) is 0 Å². The normalized spacial score (nSPS) is 20.8. The molecule has 0 aromatic carbocycles. The molecule has 16 heteroatoms. The van der Waals surface area contributed by atoms with Gasteiger partial charge in [0.1, 0.15) is 0 Å². The van der Waals surface area contributed by atoms with Gasteiger partial charge in [0.25, 0.3) is 0 Å². The molecule has 0 rings (SSSR count). The quantitative estimate of drug-likeness (QED) is 0.0763. The van der Waals surface area contributed by atoms with Gasteiger partial charge in [0.2, 0.25) is 0 Å². The molecule has 0 saturated carbocycles. The van der Waals surface area contributed by atoms with E-state index in [2.05, 4.69) is 21.3 Å². The average Bonchev–Trinajstić information content (AvgIpc) is 2.75. The largest absolute Gasteiger partial charge is 0.326 e. The first kappa shape index (κ1) is 34.4. The summed E-state index contributed by atoms with van der Waals surface area (Å²) in [5.74, 6) is -2.97. The van der Waals surface area contributed by atoms with Crippen molar-refractivity contribution >= 4 is 0 Å².